The molecule has 0 atom stereocenters. The van der Waals surface area contributed by atoms with E-state index in [4.69, 9.17) is 0 Å². The van der Waals surface area contributed by atoms with Crippen molar-refractivity contribution in [3.8, 4) is 0 Å². The van der Waals surface area contributed by atoms with Gasteiger partial charge in [0.15, 0.2) is 0 Å². The van der Waals surface area contributed by atoms with E-state index in [1.54, 1.807) is 30.3 Å². The highest BCUT2D eigenvalue weighted by Gasteiger charge is 2.15. The van der Waals surface area contributed by atoms with E-state index in [1.165, 1.54) is 0 Å². The smallest absolute Gasteiger partial charge is 0.319 e. The molecule has 21 heavy (non-hydrogen) atoms. The molecule has 1 aromatic carbocycles. The molecule has 0 saturated heterocycles. The van der Waals surface area contributed by atoms with Gasteiger partial charge >= 0.3 is 6.03 Å². The Hall–Kier alpha value is -2.30. The summed E-state index contributed by atoms with van der Waals surface area (Å²) in [6, 6.07) is 6.69. The number of urea groups is 1. The van der Waals surface area contributed by atoms with Crippen LogP contribution in [0.3, 0.4) is 0 Å². The van der Waals surface area contributed by atoms with Crippen LogP contribution >= 0.6 is 0 Å². The van der Waals surface area contributed by atoms with Crippen molar-refractivity contribution in [1.29, 1.82) is 0 Å². The minimum atomic E-state index is -0.292. The minimum Gasteiger partial charge on any atom is -0.334 e. The summed E-state index contributed by atoms with van der Waals surface area (Å²) < 4.78 is 0. The van der Waals surface area contributed by atoms with E-state index < -0.39 is 0 Å². The first kappa shape index (κ1) is 16.8. The summed E-state index contributed by atoms with van der Waals surface area (Å²) in [6.07, 6.45) is 2.06. The molecule has 0 aliphatic carbocycles. The number of amides is 3. The first-order valence-corrected chi connectivity index (χ1v) is 6.86. The van der Waals surface area contributed by atoms with Gasteiger partial charge in [0.2, 0.25) is 5.91 Å². The third-order valence-electron chi connectivity index (χ3n) is 2.52. The molecule has 3 amide bonds. The van der Waals surface area contributed by atoms with Gasteiger partial charge in [0.05, 0.1) is 0 Å². The van der Waals surface area contributed by atoms with Crippen molar-refractivity contribution in [2.24, 2.45) is 5.41 Å². The standard InChI is InChI=1S/C16H23N3O2/c1-5-10-17-15(21)19-13-8-6-12(7-9-13)18-14(20)11-16(2,3)4/h5-9H,1,10-11H2,2-4H3,(H,18,20)(H2,17,19,21). The lowest BCUT2D eigenvalue weighted by atomic mass is 9.92. The molecule has 0 spiro atoms. The number of benzene rings is 1. The van der Waals surface area contributed by atoms with E-state index in [2.05, 4.69) is 22.5 Å². The highest BCUT2D eigenvalue weighted by atomic mass is 16.2. The van der Waals surface area contributed by atoms with Gasteiger partial charge < -0.3 is 16.0 Å². The van der Waals surface area contributed by atoms with Gasteiger partial charge in [-0.15, -0.1) is 6.58 Å². The molecule has 5 nitrogen and oxygen atoms in total. The Labute approximate surface area is 125 Å². The third-order valence-corrected chi connectivity index (χ3v) is 2.52. The van der Waals surface area contributed by atoms with Crippen LogP contribution in [-0.4, -0.2) is 18.5 Å². The first-order valence-electron chi connectivity index (χ1n) is 6.86. The van der Waals surface area contributed by atoms with E-state index in [-0.39, 0.29) is 17.4 Å². The van der Waals surface area contributed by atoms with Crippen molar-refractivity contribution in [3.63, 3.8) is 0 Å². The summed E-state index contributed by atoms with van der Waals surface area (Å²) in [4.78, 5) is 23.3. The van der Waals surface area contributed by atoms with Crippen LogP contribution < -0.4 is 16.0 Å². The van der Waals surface area contributed by atoms with E-state index in [9.17, 15) is 9.59 Å². The number of rotatable bonds is 5. The van der Waals surface area contributed by atoms with Crippen LogP contribution in [0.25, 0.3) is 0 Å². The molecule has 0 unspecified atom stereocenters. The van der Waals surface area contributed by atoms with Gasteiger partial charge in [-0.2, -0.15) is 0 Å². The SMILES string of the molecule is C=CCNC(=O)Nc1ccc(NC(=O)CC(C)(C)C)cc1. The second-order valence-electron chi connectivity index (χ2n) is 5.99. The monoisotopic (exact) mass is 289 g/mol. The molecule has 0 heterocycles. The average molecular weight is 289 g/mol. The number of carbonyl (C=O) groups excluding carboxylic acids is 2. The average Bonchev–Trinajstić information content (AvgIpc) is 2.36. The summed E-state index contributed by atoms with van der Waals surface area (Å²) in [7, 11) is 0. The molecule has 0 fully saturated rings. The highest BCUT2D eigenvalue weighted by molar-refractivity contribution is 5.92. The van der Waals surface area contributed by atoms with Crippen molar-refractivity contribution >= 4 is 23.3 Å². The van der Waals surface area contributed by atoms with Gasteiger partial charge in [0.25, 0.3) is 0 Å². The molecule has 5 heteroatoms. The number of hydrogen-bond donors (Lipinski definition) is 3. The highest BCUT2D eigenvalue weighted by Crippen LogP contribution is 2.20. The number of hydrogen-bond acceptors (Lipinski definition) is 2. The maximum Gasteiger partial charge on any atom is 0.319 e. The molecule has 0 aromatic heterocycles. The predicted octanol–water partition coefficient (Wildman–Crippen LogP) is 3.37. The van der Waals surface area contributed by atoms with E-state index >= 15 is 0 Å². The van der Waals surface area contributed by atoms with Crippen LogP contribution in [0, 0.1) is 5.41 Å². The fourth-order valence-corrected chi connectivity index (χ4v) is 1.66. The van der Waals surface area contributed by atoms with Crippen LogP contribution in [0.4, 0.5) is 16.2 Å². The molecule has 0 bridgehead atoms. The molecule has 0 radical (unpaired) electrons. The van der Waals surface area contributed by atoms with Gasteiger partial charge in [-0.1, -0.05) is 26.8 Å². The number of anilines is 2. The van der Waals surface area contributed by atoms with Crippen molar-refractivity contribution in [3.05, 3.63) is 36.9 Å². The minimum absolute atomic E-state index is 0.0214. The van der Waals surface area contributed by atoms with Gasteiger partial charge in [-0.25, -0.2) is 4.79 Å². The Balaban J connectivity index is 2.52. The molecular formula is C16H23N3O2. The zero-order valence-electron chi connectivity index (χ0n) is 12.8. The van der Waals surface area contributed by atoms with Crippen molar-refractivity contribution in [2.45, 2.75) is 27.2 Å². The van der Waals surface area contributed by atoms with E-state index in [0.717, 1.165) is 0 Å². The van der Waals surface area contributed by atoms with Crippen LogP contribution in [0.5, 0.6) is 0 Å². The molecule has 0 saturated carbocycles. The van der Waals surface area contributed by atoms with Crippen molar-refractivity contribution < 1.29 is 9.59 Å². The Kier molecular flexibility index (Phi) is 5.96. The number of carbonyl (C=O) groups is 2. The van der Waals surface area contributed by atoms with E-state index in [0.29, 0.717) is 24.3 Å². The van der Waals surface area contributed by atoms with E-state index in [1.807, 2.05) is 20.8 Å². The summed E-state index contributed by atoms with van der Waals surface area (Å²) in [6.45, 7) is 9.98. The molecule has 3 N–H and O–H groups in total. The van der Waals surface area contributed by atoms with Crippen LogP contribution in [0.1, 0.15) is 27.2 Å². The first-order chi connectivity index (χ1) is 9.80. The lowest BCUT2D eigenvalue weighted by Gasteiger charge is -2.17. The molecule has 1 aromatic rings. The quantitative estimate of drug-likeness (QED) is 0.727. The maximum atomic E-state index is 11.8. The van der Waals surface area contributed by atoms with Gasteiger partial charge in [-0.05, 0) is 29.7 Å². The summed E-state index contributed by atoms with van der Waals surface area (Å²) >= 11 is 0. The van der Waals surface area contributed by atoms with Gasteiger partial charge in [0.1, 0.15) is 0 Å². The fraction of sp³-hybridized carbons (Fsp3) is 0.375. The van der Waals surface area contributed by atoms with Gasteiger partial charge in [0, 0.05) is 24.3 Å². The Bertz CT molecular complexity index is 501. The lowest BCUT2D eigenvalue weighted by molar-refractivity contribution is -0.117. The summed E-state index contributed by atoms with van der Waals surface area (Å²) in [5, 5.41) is 8.13. The predicted molar refractivity (Wildman–Crippen MR) is 86.4 cm³/mol. The van der Waals surface area contributed by atoms with Gasteiger partial charge in [-0.3, -0.25) is 4.79 Å². The van der Waals surface area contributed by atoms with Crippen LogP contribution in [0.15, 0.2) is 36.9 Å². The topological polar surface area (TPSA) is 70.2 Å². The number of nitrogens with one attached hydrogen (secondary N) is 3. The van der Waals surface area contributed by atoms with Crippen molar-refractivity contribution in [2.75, 3.05) is 17.2 Å². The Morgan fingerprint density at radius 1 is 1.10 bits per heavy atom. The third kappa shape index (κ3) is 7.15. The molecule has 114 valence electrons. The fourth-order valence-electron chi connectivity index (χ4n) is 1.66. The second kappa shape index (κ2) is 7.47. The molecule has 0 aliphatic heterocycles. The zero-order chi connectivity index (χ0) is 15.9. The van der Waals surface area contributed by atoms with Crippen LogP contribution in [0.2, 0.25) is 0 Å². The maximum absolute atomic E-state index is 11.8. The molecular weight excluding hydrogens is 266 g/mol. The Morgan fingerprint density at radius 3 is 2.10 bits per heavy atom. The Morgan fingerprint density at radius 2 is 1.62 bits per heavy atom. The normalized spacial score (nSPS) is 10.6. The summed E-state index contributed by atoms with van der Waals surface area (Å²) in [5.74, 6) is -0.0214. The zero-order valence-corrected chi connectivity index (χ0v) is 12.8. The summed E-state index contributed by atoms with van der Waals surface area (Å²) in [5.41, 5.74) is 1.32. The van der Waals surface area contributed by atoms with Crippen LogP contribution in [-0.2, 0) is 4.79 Å². The largest absolute Gasteiger partial charge is 0.334 e. The molecule has 0 aliphatic rings. The second-order valence-corrected chi connectivity index (χ2v) is 5.99. The van der Waals surface area contributed by atoms with Crippen molar-refractivity contribution in [1.82, 2.24) is 5.32 Å². The lowest BCUT2D eigenvalue weighted by Crippen LogP contribution is -2.28. The molecule has 1 rings (SSSR count).